The van der Waals surface area contributed by atoms with Gasteiger partial charge in [0.1, 0.15) is 12.2 Å². The molecule has 1 unspecified atom stereocenters. The number of hydrogen-bond donors (Lipinski definition) is 2. The van der Waals surface area contributed by atoms with Crippen LogP contribution in [0.3, 0.4) is 0 Å². The zero-order chi connectivity index (χ0) is 25.8. The summed E-state index contributed by atoms with van der Waals surface area (Å²) >= 11 is 6.10. The SMILES string of the molecule is CCCCOC(=O)CNC(=O)c1ccc2cc(C(=O)N3CC(CCl)c4ccc([N+](=O)[O-])cc43)[nH]c2c1. The van der Waals surface area contributed by atoms with Gasteiger partial charge in [-0.25, -0.2) is 0 Å². The number of aromatic amines is 1. The van der Waals surface area contributed by atoms with E-state index in [1.165, 1.54) is 17.0 Å². The van der Waals surface area contributed by atoms with Crippen LogP contribution in [0.5, 0.6) is 0 Å². The largest absolute Gasteiger partial charge is 0.464 e. The molecule has 0 saturated carbocycles. The number of unbranched alkanes of at least 4 members (excludes halogenated alkanes) is 1. The van der Waals surface area contributed by atoms with Crippen LogP contribution in [0.2, 0.25) is 0 Å². The third kappa shape index (κ3) is 5.18. The van der Waals surface area contributed by atoms with Crippen molar-refractivity contribution in [3.8, 4) is 0 Å². The number of halogens is 1. The molecule has 11 heteroatoms. The molecule has 2 N–H and O–H groups in total. The summed E-state index contributed by atoms with van der Waals surface area (Å²) in [6, 6.07) is 11.0. The van der Waals surface area contributed by atoms with Gasteiger partial charge in [-0.3, -0.25) is 24.5 Å². The highest BCUT2D eigenvalue weighted by atomic mass is 35.5. The molecule has 2 aromatic carbocycles. The molecule has 1 aliphatic heterocycles. The summed E-state index contributed by atoms with van der Waals surface area (Å²) in [5.41, 5.74) is 2.28. The molecule has 10 nitrogen and oxygen atoms in total. The molecule has 36 heavy (non-hydrogen) atoms. The van der Waals surface area contributed by atoms with E-state index < -0.39 is 16.8 Å². The normalized spacial score (nSPS) is 14.5. The molecule has 1 atom stereocenters. The summed E-state index contributed by atoms with van der Waals surface area (Å²) in [5, 5.41) is 14.5. The Morgan fingerprint density at radius 1 is 1.22 bits per heavy atom. The lowest BCUT2D eigenvalue weighted by molar-refractivity contribution is -0.384. The number of non-ortho nitro benzene ring substituents is 1. The maximum Gasteiger partial charge on any atom is 0.325 e. The molecule has 0 saturated heterocycles. The number of nitrogens with one attached hydrogen (secondary N) is 2. The minimum atomic E-state index is -0.507. The smallest absolute Gasteiger partial charge is 0.325 e. The maximum atomic E-state index is 13.4. The molecule has 1 aliphatic rings. The number of fused-ring (bicyclic) bond motifs is 2. The molecular formula is C25H25ClN4O6. The number of ether oxygens (including phenoxy) is 1. The number of rotatable bonds is 9. The lowest BCUT2D eigenvalue weighted by Gasteiger charge is -2.16. The van der Waals surface area contributed by atoms with Crippen molar-refractivity contribution in [2.75, 3.05) is 30.5 Å². The molecule has 188 valence electrons. The molecule has 0 aliphatic carbocycles. The van der Waals surface area contributed by atoms with Crippen molar-refractivity contribution < 1.29 is 24.0 Å². The van der Waals surface area contributed by atoms with Gasteiger partial charge in [-0.05, 0) is 36.2 Å². The van der Waals surface area contributed by atoms with Crippen LogP contribution in [0.1, 0.15) is 52.1 Å². The molecule has 0 fully saturated rings. The van der Waals surface area contributed by atoms with E-state index in [1.54, 1.807) is 30.3 Å². The standard InChI is InChI=1S/C25H25ClN4O6/c1-2-3-8-36-23(31)13-27-24(32)16-5-4-15-9-21(28-20(15)10-16)25(33)29-14-17(12-26)19-7-6-18(30(34)35)11-22(19)29/h4-7,9-11,17,28H,2-3,8,12-14H2,1H3,(H,27,32). The first kappa shape index (κ1) is 25.2. The third-order valence-electron chi connectivity index (χ3n) is 6.06. The van der Waals surface area contributed by atoms with E-state index in [-0.39, 0.29) is 35.6 Å². The molecule has 2 amide bonds. The molecule has 2 heterocycles. The summed E-state index contributed by atoms with van der Waals surface area (Å²) in [7, 11) is 0. The van der Waals surface area contributed by atoms with Crippen molar-refractivity contribution >= 4 is 51.7 Å². The van der Waals surface area contributed by atoms with Crippen LogP contribution in [0.4, 0.5) is 11.4 Å². The summed E-state index contributed by atoms with van der Waals surface area (Å²) < 4.78 is 5.03. The van der Waals surface area contributed by atoms with E-state index in [9.17, 15) is 24.5 Å². The predicted octanol–water partition coefficient (Wildman–Crippen LogP) is 4.13. The fraction of sp³-hybridized carbons (Fsp3) is 0.320. The number of aromatic nitrogens is 1. The van der Waals surface area contributed by atoms with Gasteiger partial charge in [0.15, 0.2) is 0 Å². The Balaban J connectivity index is 1.51. The average Bonchev–Trinajstić information content (AvgIpc) is 3.47. The molecule has 3 aromatic rings. The molecular weight excluding hydrogens is 488 g/mol. The molecule has 0 bridgehead atoms. The first-order chi connectivity index (χ1) is 17.3. The third-order valence-corrected chi connectivity index (χ3v) is 6.43. The van der Waals surface area contributed by atoms with Crippen LogP contribution >= 0.6 is 11.6 Å². The van der Waals surface area contributed by atoms with Gasteiger partial charge < -0.3 is 19.9 Å². The summed E-state index contributed by atoms with van der Waals surface area (Å²) in [6.45, 7) is 2.36. The maximum absolute atomic E-state index is 13.4. The van der Waals surface area contributed by atoms with Crippen molar-refractivity contribution in [3.63, 3.8) is 0 Å². The van der Waals surface area contributed by atoms with Crippen LogP contribution in [0.15, 0.2) is 42.5 Å². The number of nitro benzene ring substituents is 1. The van der Waals surface area contributed by atoms with Crippen molar-refractivity contribution in [2.24, 2.45) is 0 Å². The van der Waals surface area contributed by atoms with Crippen molar-refractivity contribution in [3.05, 3.63) is 69.4 Å². The number of carbonyl (C=O) groups excluding carboxylic acids is 3. The fourth-order valence-corrected chi connectivity index (χ4v) is 4.39. The Bertz CT molecular complexity index is 1340. The zero-order valence-electron chi connectivity index (χ0n) is 19.6. The van der Waals surface area contributed by atoms with Gasteiger partial charge in [0.25, 0.3) is 17.5 Å². The highest BCUT2D eigenvalue weighted by Gasteiger charge is 2.34. The second-order valence-electron chi connectivity index (χ2n) is 8.51. The monoisotopic (exact) mass is 512 g/mol. The van der Waals surface area contributed by atoms with Gasteiger partial charge in [-0.1, -0.05) is 19.4 Å². The number of nitrogens with zero attached hydrogens (tertiary/aromatic N) is 2. The van der Waals surface area contributed by atoms with E-state index in [4.69, 9.17) is 16.3 Å². The first-order valence-corrected chi connectivity index (χ1v) is 12.1. The van der Waals surface area contributed by atoms with Gasteiger partial charge in [-0.2, -0.15) is 0 Å². The second-order valence-corrected chi connectivity index (χ2v) is 8.82. The van der Waals surface area contributed by atoms with E-state index in [0.717, 1.165) is 18.4 Å². The van der Waals surface area contributed by atoms with Crippen LogP contribution in [-0.2, 0) is 9.53 Å². The lowest BCUT2D eigenvalue weighted by atomic mass is 10.0. The van der Waals surface area contributed by atoms with Crippen molar-refractivity contribution in [1.29, 1.82) is 0 Å². The fourth-order valence-electron chi connectivity index (χ4n) is 4.13. The van der Waals surface area contributed by atoms with E-state index in [0.29, 0.717) is 35.3 Å². The predicted molar refractivity (Wildman–Crippen MR) is 135 cm³/mol. The Morgan fingerprint density at radius 2 is 2.03 bits per heavy atom. The topological polar surface area (TPSA) is 135 Å². The molecule has 4 rings (SSSR count). The number of alkyl halides is 1. The summed E-state index contributed by atoms with van der Waals surface area (Å²) in [5.74, 6) is -1.18. The number of hydrogen-bond acceptors (Lipinski definition) is 6. The Hall–Kier alpha value is -3.92. The molecule has 1 aromatic heterocycles. The quantitative estimate of drug-likeness (QED) is 0.145. The van der Waals surface area contributed by atoms with Crippen LogP contribution in [0.25, 0.3) is 10.9 Å². The summed E-state index contributed by atoms with van der Waals surface area (Å²) in [4.78, 5) is 52.9. The number of carbonyl (C=O) groups is 3. The van der Waals surface area contributed by atoms with Crippen LogP contribution in [-0.4, -0.2) is 53.3 Å². The number of amides is 2. The Kier molecular flexibility index (Phi) is 7.54. The van der Waals surface area contributed by atoms with E-state index >= 15 is 0 Å². The van der Waals surface area contributed by atoms with Gasteiger partial charge >= 0.3 is 5.97 Å². The molecule has 0 radical (unpaired) electrons. The van der Waals surface area contributed by atoms with E-state index in [2.05, 4.69) is 10.3 Å². The highest BCUT2D eigenvalue weighted by Crippen LogP contribution is 2.40. The number of H-pyrrole nitrogens is 1. The Labute approximate surface area is 211 Å². The van der Waals surface area contributed by atoms with Crippen LogP contribution in [0, 0.1) is 10.1 Å². The zero-order valence-corrected chi connectivity index (χ0v) is 20.3. The van der Waals surface area contributed by atoms with Gasteiger partial charge in [0.2, 0.25) is 0 Å². The number of anilines is 1. The number of nitro groups is 1. The van der Waals surface area contributed by atoms with Crippen molar-refractivity contribution in [2.45, 2.75) is 25.7 Å². The number of esters is 1. The Morgan fingerprint density at radius 3 is 2.75 bits per heavy atom. The number of benzene rings is 2. The summed E-state index contributed by atoms with van der Waals surface area (Å²) in [6.07, 6.45) is 1.66. The first-order valence-electron chi connectivity index (χ1n) is 11.5. The van der Waals surface area contributed by atoms with Gasteiger partial charge in [0, 0.05) is 46.9 Å². The molecule has 0 spiro atoms. The highest BCUT2D eigenvalue weighted by molar-refractivity contribution is 6.19. The lowest BCUT2D eigenvalue weighted by Crippen LogP contribution is -2.30. The van der Waals surface area contributed by atoms with E-state index in [1.807, 2.05) is 6.92 Å². The average molecular weight is 513 g/mol. The van der Waals surface area contributed by atoms with Crippen molar-refractivity contribution in [1.82, 2.24) is 10.3 Å². The van der Waals surface area contributed by atoms with Gasteiger partial charge in [0.05, 0.1) is 17.2 Å². The van der Waals surface area contributed by atoms with Gasteiger partial charge in [-0.15, -0.1) is 11.6 Å². The van der Waals surface area contributed by atoms with Crippen LogP contribution < -0.4 is 10.2 Å². The minimum absolute atomic E-state index is 0.108. The minimum Gasteiger partial charge on any atom is -0.464 e. The second kappa shape index (κ2) is 10.8.